The van der Waals surface area contributed by atoms with Gasteiger partial charge in [-0.25, -0.2) is 4.98 Å². The van der Waals surface area contributed by atoms with Gasteiger partial charge in [0.2, 0.25) is 17.7 Å². The molecule has 1 saturated heterocycles. The minimum atomic E-state index is -4.51. The van der Waals surface area contributed by atoms with Crippen LogP contribution in [0, 0.1) is 19.8 Å². The lowest BCUT2D eigenvalue weighted by Crippen LogP contribution is -2.28. The summed E-state index contributed by atoms with van der Waals surface area (Å²) in [6.07, 6.45) is -4.60. The number of rotatable bonds is 4. The van der Waals surface area contributed by atoms with Gasteiger partial charge in [-0.05, 0) is 50.2 Å². The van der Waals surface area contributed by atoms with Crippen LogP contribution < -0.4 is 10.2 Å². The molecule has 32 heavy (non-hydrogen) atoms. The van der Waals surface area contributed by atoms with Gasteiger partial charge < -0.3 is 14.6 Å². The first-order chi connectivity index (χ1) is 15.1. The molecule has 1 fully saturated rings. The van der Waals surface area contributed by atoms with Gasteiger partial charge in [-0.1, -0.05) is 12.1 Å². The summed E-state index contributed by atoms with van der Waals surface area (Å²) >= 11 is 0. The zero-order valence-electron chi connectivity index (χ0n) is 17.4. The lowest BCUT2D eigenvalue weighted by Gasteiger charge is -2.18. The maximum Gasteiger partial charge on any atom is 0.416 e. The number of anilines is 2. The molecule has 0 spiro atoms. The molecule has 1 atom stereocenters. The van der Waals surface area contributed by atoms with Crippen molar-refractivity contribution in [2.75, 3.05) is 16.8 Å². The van der Waals surface area contributed by atoms with E-state index in [2.05, 4.69) is 10.3 Å². The highest BCUT2D eigenvalue weighted by atomic mass is 19.4. The van der Waals surface area contributed by atoms with Gasteiger partial charge in [-0.2, -0.15) is 13.2 Å². The number of aryl methyl sites for hydroxylation is 2. The van der Waals surface area contributed by atoms with Crippen LogP contribution in [0.25, 0.3) is 11.5 Å². The largest absolute Gasteiger partial charge is 0.441 e. The molecule has 1 N–H and O–H groups in total. The summed E-state index contributed by atoms with van der Waals surface area (Å²) in [6, 6.07) is 11.5. The molecule has 2 heterocycles. The Balaban J connectivity index is 1.47. The number of carbonyl (C=O) groups is 2. The number of nitrogens with zero attached hydrogens (tertiary/aromatic N) is 2. The van der Waals surface area contributed by atoms with Crippen LogP contribution in [-0.2, 0) is 15.8 Å². The Bertz CT molecular complexity index is 1170. The van der Waals surface area contributed by atoms with Crippen LogP contribution in [-0.4, -0.2) is 23.3 Å². The Morgan fingerprint density at radius 3 is 2.59 bits per heavy atom. The van der Waals surface area contributed by atoms with Gasteiger partial charge in [0.1, 0.15) is 5.76 Å². The van der Waals surface area contributed by atoms with Crippen molar-refractivity contribution in [3.63, 3.8) is 0 Å². The number of carbonyl (C=O) groups excluding carboxylic acids is 2. The molecule has 0 saturated carbocycles. The van der Waals surface area contributed by atoms with Crippen molar-refractivity contribution < 1.29 is 27.2 Å². The molecule has 0 unspecified atom stereocenters. The minimum Gasteiger partial charge on any atom is -0.441 e. The van der Waals surface area contributed by atoms with Gasteiger partial charge in [-0.3, -0.25) is 9.59 Å². The highest BCUT2D eigenvalue weighted by Gasteiger charge is 2.37. The number of nitrogens with one attached hydrogen (secondary N) is 1. The molecular weight excluding hydrogens is 423 g/mol. The van der Waals surface area contributed by atoms with E-state index in [9.17, 15) is 22.8 Å². The molecule has 0 aliphatic carbocycles. The Hall–Kier alpha value is -3.62. The first-order valence-corrected chi connectivity index (χ1v) is 9.95. The van der Waals surface area contributed by atoms with Crippen LogP contribution in [0.1, 0.15) is 23.4 Å². The topological polar surface area (TPSA) is 75.4 Å². The first-order valence-electron chi connectivity index (χ1n) is 9.95. The number of hydrogen-bond donors (Lipinski definition) is 1. The SMILES string of the molecule is Cc1nc(-c2cccc(NC(=O)[C@@H]3CC(=O)N(c4cccc(C(F)(F)F)c4)C3)c2)oc1C. The number of benzene rings is 2. The summed E-state index contributed by atoms with van der Waals surface area (Å²) in [5.74, 6) is -0.336. The predicted octanol–water partition coefficient (Wildman–Crippen LogP) is 4.97. The standard InChI is InChI=1S/C23H20F3N3O3/c1-13-14(2)32-22(27-13)15-5-3-7-18(9-15)28-21(31)16-10-20(30)29(12-16)19-8-4-6-17(11-19)23(24,25)26/h3-9,11,16H,10,12H2,1-2H3,(H,28,31)/t16-/m1/s1. The van der Waals surface area contributed by atoms with Crippen LogP contribution in [0.2, 0.25) is 0 Å². The maximum atomic E-state index is 13.0. The minimum absolute atomic E-state index is 0.00377. The number of aromatic nitrogens is 1. The second-order valence-electron chi connectivity index (χ2n) is 7.68. The van der Waals surface area contributed by atoms with Gasteiger partial charge in [0.25, 0.3) is 0 Å². The van der Waals surface area contributed by atoms with Crippen molar-refractivity contribution >= 4 is 23.2 Å². The van der Waals surface area contributed by atoms with Gasteiger partial charge in [-0.15, -0.1) is 0 Å². The normalized spacial score (nSPS) is 16.5. The first kappa shape index (κ1) is 21.6. The third-order valence-corrected chi connectivity index (χ3v) is 5.39. The van der Waals surface area contributed by atoms with Gasteiger partial charge in [0.05, 0.1) is 17.2 Å². The average molecular weight is 443 g/mol. The molecule has 0 radical (unpaired) electrons. The number of halogens is 3. The molecule has 2 amide bonds. The molecule has 1 aliphatic rings. The van der Waals surface area contributed by atoms with Crippen molar-refractivity contribution in [2.45, 2.75) is 26.4 Å². The van der Waals surface area contributed by atoms with Gasteiger partial charge in [0.15, 0.2) is 0 Å². The fourth-order valence-electron chi connectivity index (χ4n) is 3.55. The summed E-state index contributed by atoms with van der Waals surface area (Å²) in [6.45, 7) is 3.65. The molecule has 166 valence electrons. The Kier molecular flexibility index (Phi) is 5.50. The second-order valence-corrected chi connectivity index (χ2v) is 7.68. The van der Waals surface area contributed by atoms with Crippen LogP contribution in [0.5, 0.6) is 0 Å². The highest BCUT2D eigenvalue weighted by Crippen LogP contribution is 2.34. The van der Waals surface area contributed by atoms with E-state index < -0.39 is 23.6 Å². The van der Waals surface area contributed by atoms with Crippen LogP contribution in [0.4, 0.5) is 24.5 Å². The monoisotopic (exact) mass is 443 g/mol. The van der Waals surface area contributed by atoms with E-state index in [-0.39, 0.29) is 24.6 Å². The zero-order valence-corrected chi connectivity index (χ0v) is 17.4. The van der Waals surface area contributed by atoms with Crippen molar-refractivity contribution in [3.05, 3.63) is 65.5 Å². The Labute approximate surface area is 182 Å². The summed E-state index contributed by atoms with van der Waals surface area (Å²) in [5.41, 5.74) is 1.24. The lowest BCUT2D eigenvalue weighted by molar-refractivity contribution is -0.137. The number of oxazole rings is 1. The summed E-state index contributed by atoms with van der Waals surface area (Å²) in [4.78, 5) is 30.7. The average Bonchev–Trinajstić information content (AvgIpc) is 3.30. The van der Waals surface area contributed by atoms with Crippen molar-refractivity contribution in [1.82, 2.24) is 4.98 Å². The van der Waals surface area contributed by atoms with Gasteiger partial charge >= 0.3 is 6.18 Å². The summed E-state index contributed by atoms with van der Waals surface area (Å²) in [7, 11) is 0. The summed E-state index contributed by atoms with van der Waals surface area (Å²) in [5, 5.41) is 2.78. The second kappa shape index (κ2) is 8.14. The third kappa shape index (κ3) is 4.37. The van der Waals surface area contributed by atoms with Crippen LogP contribution in [0.3, 0.4) is 0 Å². The van der Waals surface area contributed by atoms with Crippen molar-refractivity contribution in [3.8, 4) is 11.5 Å². The zero-order chi connectivity index (χ0) is 23.0. The Morgan fingerprint density at radius 1 is 1.16 bits per heavy atom. The van der Waals surface area contributed by atoms with E-state index in [0.717, 1.165) is 17.8 Å². The fraction of sp³-hybridized carbons (Fsp3) is 0.261. The quantitative estimate of drug-likeness (QED) is 0.618. The molecule has 0 bridgehead atoms. The number of hydrogen-bond acceptors (Lipinski definition) is 4. The number of alkyl halides is 3. The van der Waals surface area contributed by atoms with Gasteiger partial charge in [0, 0.05) is 29.9 Å². The summed E-state index contributed by atoms with van der Waals surface area (Å²) < 4.78 is 44.6. The molecule has 1 aliphatic heterocycles. The molecule has 3 aromatic rings. The molecule has 6 nitrogen and oxygen atoms in total. The van der Waals surface area contributed by atoms with Crippen LogP contribution in [0.15, 0.2) is 52.9 Å². The predicted molar refractivity (Wildman–Crippen MR) is 112 cm³/mol. The smallest absolute Gasteiger partial charge is 0.416 e. The third-order valence-electron chi connectivity index (χ3n) is 5.39. The Morgan fingerprint density at radius 2 is 1.91 bits per heavy atom. The van der Waals surface area contributed by atoms with E-state index in [4.69, 9.17) is 4.42 Å². The van der Waals surface area contributed by atoms with Crippen LogP contribution >= 0.6 is 0 Å². The molecule has 1 aromatic heterocycles. The molecule has 4 rings (SSSR count). The molecular formula is C23H20F3N3O3. The lowest BCUT2D eigenvalue weighted by atomic mass is 10.1. The van der Waals surface area contributed by atoms with E-state index in [1.807, 2.05) is 13.8 Å². The maximum absolute atomic E-state index is 13.0. The molecule has 9 heteroatoms. The number of amides is 2. The van der Waals surface area contributed by atoms with Crippen molar-refractivity contribution in [2.24, 2.45) is 5.92 Å². The molecule has 2 aromatic carbocycles. The van der Waals surface area contributed by atoms with E-state index in [0.29, 0.717) is 22.9 Å². The van der Waals surface area contributed by atoms with E-state index >= 15 is 0 Å². The van der Waals surface area contributed by atoms with Crippen molar-refractivity contribution in [1.29, 1.82) is 0 Å². The highest BCUT2D eigenvalue weighted by molar-refractivity contribution is 6.03. The van der Waals surface area contributed by atoms with E-state index in [1.165, 1.54) is 17.0 Å². The van der Waals surface area contributed by atoms with E-state index in [1.54, 1.807) is 24.3 Å². The fourth-order valence-corrected chi connectivity index (χ4v) is 3.55.